The van der Waals surface area contributed by atoms with Gasteiger partial charge in [0.2, 0.25) is 15.9 Å². The Hall–Kier alpha value is -1.93. The number of benzene rings is 1. The molecule has 1 aliphatic carbocycles. The van der Waals surface area contributed by atoms with Crippen molar-refractivity contribution in [2.45, 2.75) is 69.7 Å². The summed E-state index contributed by atoms with van der Waals surface area (Å²) in [6, 6.07) is 4.90. The molecule has 1 amide bonds. The zero-order valence-corrected chi connectivity index (χ0v) is 17.7. The first-order chi connectivity index (χ1) is 13.2. The number of carbonyl (C=O) groups excluding carboxylic acids is 2. The number of carbonyl (C=O) groups is 2. The van der Waals surface area contributed by atoms with E-state index in [1.165, 1.54) is 0 Å². The van der Waals surface area contributed by atoms with Crippen LogP contribution in [0.3, 0.4) is 0 Å². The van der Waals surface area contributed by atoms with Crippen LogP contribution >= 0.6 is 0 Å². The van der Waals surface area contributed by atoms with Crippen molar-refractivity contribution >= 4 is 21.9 Å². The molecule has 0 atom stereocenters. The van der Waals surface area contributed by atoms with Crippen LogP contribution in [0.1, 0.15) is 56.6 Å². The third kappa shape index (κ3) is 5.54. The number of ether oxygens (including phenoxy) is 1. The Kier molecular flexibility index (Phi) is 7.60. The molecule has 1 saturated carbocycles. The van der Waals surface area contributed by atoms with E-state index < -0.39 is 21.5 Å². The maximum Gasteiger partial charge on any atom is 0.331 e. The first-order valence-corrected chi connectivity index (χ1v) is 11.2. The van der Waals surface area contributed by atoms with Gasteiger partial charge >= 0.3 is 5.97 Å². The van der Waals surface area contributed by atoms with E-state index in [4.69, 9.17) is 4.74 Å². The van der Waals surface area contributed by atoms with Crippen LogP contribution in [-0.2, 0) is 24.3 Å². The van der Waals surface area contributed by atoms with E-state index in [0.717, 1.165) is 30.4 Å². The molecule has 1 fully saturated rings. The summed E-state index contributed by atoms with van der Waals surface area (Å²) in [6.07, 6.45) is 3.76. The normalized spacial score (nSPS) is 16.4. The Morgan fingerprint density at radius 3 is 2.39 bits per heavy atom. The van der Waals surface area contributed by atoms with Gasteiger partial charge in [-0.25, -0.2) is 17.9 Å². The molecule has 2 rings (SSSR count). The zero-order chi connectivity index (χ0) is 20.8. The van der Waals surface area contributed by atoms with Crippen molar-refractivity contribution in [3.8, 4) is 0 Å². The van der Waals surface area contributed by atoms with Crippen LogP contribution in [0.25, 0.3) is 0 Å². The molecule has 1 aromatic carbocycles. The van der Waals surface area contributed by atoms with Gasteiger partial charge in [0.25, 0.3) is 0 Å². The van der Waals surface area contributed by atoms with Crippen molar-refractivity contribution in [3.05, 3.63) is 29.3 Å². The summed E-state index contributed by atoms with van der Waals surface area (Å²) in [5.41, 5.74) is 0.905. The predicted molar refractivity (Wildman–Crippen MR) is 106 cm³/mol. The molecule has 1 aliphatic rings. The van der Waals surface area contributed by atoms with Crippen molar-refractivity contribution in [3.63, 3.8) is 0 Å². The number of amides is 1. The molecule has 8 heteroatoms. The van der Waals surface area contributed by atoms with Gasteiger partial charge in [0.15, 0.2) is 0 Å². The van der Waals surface area contributed by atoms with Gasteiger partial charge in [-0.2, -0.15) is 0 Å². The molecule has 0 unspecified atom stereocenters. The Bertz CT molecular complexity index is 814. The Morgan fingerprint density at radius 1 is 1.11 bits per heavy atom. The third-order valence-electron chi connectivity index (χ3n) is 5.18. The maximum atomic E-state index is 12.4. The second-order valence-electron chi connectivity index (χ2n) is 7.31. The summed E-state index contributed by atoms with van der Waals surface area (Å²) >= 11 is 0. The van der Waals surface area contributed by atoms with E-state index in [-0.39, 0.29) is 30.4 Å². The van der Waals surface area contributed by atoms with E-state index in [1.54, 1.807) is 25.1 Å². The smallest absolute Gasteiger partial charge is 0.331 e. The van der Waals surface area contributed by atoms with Gasteiger partial charge in [-0.1, -0.05) is 25.3 Å². The van der Waals surface area contributed by atoms with Gasteiger partial charge in [0, 0.05) is 13.0 Å². The van der Waals surface area contributed by atoms with Gasteiger partial charge in [-0.3, -0.25) is 4.79 Å². The SMILES string of the molecule is CCOC(=O)C1(NC(=O)CCNS(=O)(=O)c2ccc(C)c(C)c2)CCCCC1. The van der Waals surface area contributed by atoms with Gasteiger partial charge in [-0.05, 0) is 56.9 Å². The molecule has 7 nitrogen and oxygen atoms in total. The topological polar surface area (TPSA) is 102 Å². The fraction of sp³-hybridized carbons (Fsp3) is 0.600. The number of hydrogen-bond acceptors (Lipinski definition) is 5. The number of aryl methyl sites for hydroxylation is 2. The average Bonchev–Trinajstić information content (AvgIpc) is 2.64. The van der Waals surface area contributed by atoms with Gasteiger partial charge < -0.3 is 10.1 Å². The molecule has 1 aromatic rings. The molecule has 0 radical (unpaired) electrons. The van der Waals surface area contributed by atoms with Crippen LogP contribution in [0, 0.1) is 13.8 Å². The highest BCUT2D eigenvalue weighted by atomic mass is 32.2. The van der Waals surface area contributed by atoms with E-state index in [0.29, 0.717) is 12.8 Å². The molecule has 2 N–H and O–H groups in total. The number of esters is 1. The van der Waals surface area contributed by atoms with Gasteiger partial charge in [-0.15, -0.1) is 0 Å². The Morgan fingerprint density at radius 2 is 1.79 bits per heavy atom. The highest BCUT2D eigenvalue weighted by Gasteiger charge is 2.42. The fourth-order valence-corrected chi connectivity index (χ4v) is 4.51. The second-order valence-corrected chi connectivity index (χ2v) is 9.07. The van der Waals surface area contributed by atoms with E-state index >= 15 is 0 Å². The first-order valence-electron chi connectivity index (χ1n) is 9.75. The highest BCUT2D eigenvalue weighted by Crippen LogP contribution is 2.29. The lowest BCUT2D eigenvalue weighted by Crippen LogP contribution is -2.56. The van der Waals surface area contributed by atoms with Crippen molar-refractivity contribution in [1.82, 2.24) is 10.0 Å². The van der Waals surface area contributed by atoms with Gasteiger partial charge in [0.05, 0.1) is 11.5 Å². The number of sulfonamides is 1. The number of hydrogen-bond donors (Lipinski definition) is 2. The zero-order valence-electron chi connectivity index (χ0n) is 16.8. The molecule has 0 spiro atoms. The van der Waals surface area contributed by atoms with Crippen LogP contribution in [0.4, 0.5) is 0 Å². The number of nitrogens with one attached hydrogen (secondary N) is 2. The van der Waals surface area contributed by atoms with Crippen LogP contribution in [0.2, 0.25) is 0 Å². The molecule has 0 heterocycles. The quantitative estimate of drug-likeness (QED) is 0.641. The Labute approximate surface area is 167 Å². The molecular formula is C20H30N2O5S. The summed E-state index contributed by atoms with van der Waals surface area (Å²) in [4.78, 5) is 24.9. The monoisotopic (exact) mass is 410 g/mol. The van der Waals surface area contributed by atoms with E-state index in [2.05, 4.69) is 10.0 Å². The van der Waals surface area contributed by atoms with Crippen LogP contribution < -0.4 is 10.0 Å². The summed E-state index contributed by atoms with van der Waals surface area (Å²) in [5, 5.41) is 2.81. The highest BCUT2D eigenvalue weighted by molar-refractivity contribution is 7.89. The number of rotatable bonds is 8. The summed E-state index contributed by atoms with van der Waals surface area (Å²) < 4.78 is 32.4. The first kappa shape index (κ1) is 22.4. The summed E-state index contributed by atoms with van der Waals surface area (Å²) in [5.74, 6) is -0.767. The maximum absolute atomic E-state index is 12.4. The lowest BCUT2D eigenvalue weighted by molar-refractivity contribution is -0.155. The van der Waals surface area contributed by atoms with Gasteiger partial charge in [0.1, 0.15) is 5.54 Å². The molecule has 0 aromatic heterocycles. The molecule has 156 valence electrons. The van der Waals surface area contributed by atoms with E-state index in [9.17, 15) is 18.0 Å². The van der Waals surface area contributed by atoms with Crippen molar-refractivity contribution in [1.29, 1.82) is 0 Å². The average molecular weight is 411 g/mol. The minimum atomic E-state index is -3.69. The predicted octanol–water partition coefficient (Wildman–Crippen LogP) is 2.35. The largest absolute Gasteiger partial charge is 0.464 e. The second kappa shape index (κ2) is 9.52. The van der Waals surface area contributed by atoms with Crippen LogP contribution in [0.15, 0.2) is 23.1 Å². The molecular weight excluding hydrogens is 380 g/mol. The lowest BCUT2D eigenvalue weighted by atomic mass is 9.81. The summed E-state index contributed by atoms with van der Waals surface area (Å²) in [7, 11) is -3.69. The van der Waals surface area contributed by atoms with E-state index in [1.807, 2.05) is 13.8 Å². The minimum Gasteiger partial charge on any atom is -0.464 e. The molecule has 0 bridgehead atoms. The minimum absolute atomic E-state index is 0.0417. The van der Waals surface area contributed by atoms with Crippen molar-refractivity contribution in [2.24, 2.45) is 0 Å². The lowest BCUT2D eigenvalue weighted by Gasteiger charge is -2.35. The molecule has 28 heavy (non-hydrogen) atoms. The standard InChI is InChI=1S/C20H30N2O5S/c1-4-27-19(24)20(11-6-5-7-12-20)22-18(23)10-13-21-28(25,26)17-9-8-15(2)16(3)14-17/h8-9,14,21H,4-7,10-13H2,1-3H3,(H,22,23). The van der Waals surface area contributed by atoms with Crippen molar-refractivity contribution in [2.75, 3.05) is 13.2 Å². The Balaban J connectivity index is 1.95. The molecule has 0 aliphatic heterocycles. The summed E-state index contributed by atoms with van der Waals surface area (Å²) in [6.45, 7) is 5.71. The van der Waals surface area contributed by atoms with Crippen LogP contribution in [-0.4, -0.2) is 39.0 Å². The third-order valence-corrected chi connectivity index (χ3v) is 6.64. The fourth-order valence-electron chi connectivity index (χ4n) is 3.40. The molecule has 0 saturated heterocycles. The van der Waals surface area contributed by atoms with Crippen LogP contribution in [0.5, 0.6) is 0 Å². The van der Waals surface area contributed by atoms with Crippen molar-refractivity contribution < 1.29 is 22.7 Å².